The first-order valence-corrected chi connectivity index (χ1v) is 11.7. The Kier molecular flexibility index (Phi) is 8.01. The second kappa shape index (κ2) is 11.3. The molecule has 4 rings (SSSR count). The molecule has 174 valence electrons. The van der Waals surface area contributed by atoms with Gasteiger partial charge in [-0.3, -0.25) is 9.89 Å². The quantitative estimate of drug-likeness (QED) is 0.526. The third-order valence-electron chi connectivity index (χ3n) is 6.47. The molecule has 0 radical (unpaired) electrons. The van der Waals surface area contributed by atoms with Gasteiger partial charge in [0.2, 0.25) is 0 Å². The number of aromatic nitrogens is 2. The molecule has 0 bridgehead atoms. The molecule has 32 heavy (non-hydrogen) atoms. The summed E-state index contributed by atoms with van der Waals surface area (Å²) in [6.45, 7) is 10.2. The van der Waals surface area contributed by atoms with Crippen LogP contribution in [0.3, 0.4) is 0 Å². The molecule has 1 N–H and O–H groups in total. The van der Waals surface area contributed by atoms with Crippen LogP contribution in [0.5, 0.6) is 5.75 Å². The maximum Gasteiger partial charge on any atom is 0.193 e. The van der Waals surface area contributed by atoms with Crippen LogP contribution in [0.2, 0.25) is 0 Å². The molecule has 3 heterocycles. The molecule has 1 aromatic carbocycles. The fourth-order valence-electron chi connectivity index (χ4n) is 4.47. The monoisotopic (exact) mass is 440 g/mol. The number of guanidine groups is 1. The van der Waals surface area contributed by atoms with E-state index in [0.717, 1.165) is 70.6 Å². The zero-order chi connectivity index (χ0) is 22.2. The summed E-state index contributed by atoms with van der Waals surface area (Å²) in [5.74, 6) is 2.48. The van der Waals surface area contributed by atoms with E-state index in [9.17, 15) is 0 Å². The van der Waals surface area contributed by atoms with Gasteiger partial charge in [-0.15, -0.1) is 0 Å². The van der Waals surface area contributed by atoms with Crippen molar-refractivity contribution in [2.75, 3.05) is 59.6 Å². The maximum atomic E-state index is 6.01. The molecule has 2 aliphatic heterocycles. The molecule has 2 aliphatic rings. The summed E-state index contributed by atoms with van der Waals surface area (Å²) >= 11 is 0. The fraction of sp³-hybridized carbons (Fsp3) is 0.583. The molecule has 2 aromatic rings. The van der Waals surface area contributed by atoms with Crippen LogP contribution in [0.1, 0.15) is 24.9 Å². The van der Waals surface area contributed by atoms with Crippen molar-refractivity contribution in [2.24, 2.45) is 10.9 Å². The molecule has 0 amide bonds. The van der Waals surface area contributed by atoms with Crippen molar-refractivity contribution in [3.63, 3.8) is 0 Å². The Morgan fingerprint density at radius 2 is 2.16 bits per heavy atom. The van der Waals surface area contributed by atoms with Crippen LogP contribution in [-0.2, 0) is 11.3 Å². The van der Waals surface area contributed by atoms with Crippen LogP contribution in [0.25, 0.3) is 0 Å². The van der Waals surface area contributed by atoms with Crippen LogP contribution in [0.15, 0.2) is 48.0 Å². The van der Waals surface area contributed by atoms with Crippen LogP contribution in [0, 0.1) is 5.92 Å². The van der Waals surface area contributed by atoms with Crippen molar-refractivity contribution >= 4 is 5.96 Å². The van der Waals surface area contributed by atoms with E-state index in [1.54, 1.807) is 0 Å². The lowest BCUT2D eigenvalue weighted by molar-refractivity contribution is 0.0322. The topological polar surface area (TPSA) is 67.2 Å². The lowest BCUT2D eigenvalue weighted by Crippen LogP contribution is -2.48. The molecule has 2 fully saturated rings. The average molecular weight is 441 g/mol. The van der Waals surface area contributed by atoms with Gasteiger partial charge in [-0.2, -0.15) is 0 Å². The fourth-order valence-corrected chi connectivity index (χ4v) is 4.47. The number of likely N-dealkylation sites (tertiary alicyclic amines) is 1. The molecule has 2 saturated heterocycles. The van der Waals surface area contributed by atoms with E-state index in [-0.39, 0.29) is 0 Å². The van der Waals surface area contributed by atoms with Gasteiger partial charge in [0.05, 0.1) is 25.6 Å². The number of piperidine rings is 1. The van der Waals surface area contributed by atoms with Crippen LogP contribution < -0.4 is 10.1 Å². The average Bonchev–Trinajstić information content (AvgIpc) is 3.36. The largest absolute Gasteiger partial charge is 0.492 e. The van der Waals surface area contributed by atoms with Crippen molar-refractivity contribution in [2.45, 2.75) is 25.9 Å². The van der Waals surface area contributed by atoms with Gasteiger partial charge in [-0.1, -0.05) is 19.1 Å². The highest BCUT2D eigenvalue weighted by molar-refractivity contribution is 5.80. The van der Waals surface area contributed by atoms with Crippen molar-refractivity contribution < 1.29 is 9.47 Å². The number of morpholine rings is 1. The maximum absolute atomic E-state index is 6.01. The molecule has 2 atom stereocenters. The minimum absolute atomic E-state index is 0.410. The number of aliphatic imine (C=N–C) groups is 1. The van der Waals surface area contributed by atoms with Gasteiger partial charge < -0.3 is 24.3 Å². The lowest BCUT2D eigenvalue weighted by Gasteiger charge is -2.39. The van der Waals surface area contributed by atoms with Gasteiger partial charge in [0, 0.05) is 58.7 Å². The minimum Gasteiger partial charge on any atom is -0.492 e. The summed E-state index contributed by atoms with van der Waals surface area (Å²) in [5, 5.41) is 3.54. The number of imidazole rings is 1. The van der Waals surface area contributed by atoms with E-state index >= 15 is 0 Å². The molecular weight excluding hydrogens is 404 g/mol. The van der Waals surface area contributed by atoms with Gasteiger partial charge in [0.15, 0.2) is 5.96 Å². The first-order chi connectivity index (χ1) is 15.7. The number of hydrogen-bond donors (Lipinski definition) is 1. The molecule has 1 aromatic heterocycles. The molecular formula is C24H36N6O2. The van der Waals surface area contributed by atoms with Gasteiger partial charge >= 0.3 is 0 Å². The third kappa shape index (κ3) is 6.01. The Labute approximate surface area is 191 Å². The molecule has 0 aliphatic carbocycles. The van der Waals surface area contributed by atoms with E-state index in [0.29, 0.717) is 18.6 Å². The summed E-state index contributed by atoms with van der Waals surface area (Å²) in [6.07, 6.45) is 6.97. The third-order valence-corrected chi connectivity index (χ3v) is 6.47. The van der Waals surface area contributed by atoms with Gasteiger partial charge in [-0.25, -0.2) is 4.98 Å². The highest BCUT2D eigenvalue weighted by atomic mass is 16.5. The van der Waals surface area contributed by atoms with Crippen LogP contribution in [-0.4, -0.2) is 84.9 Å². The van der Waals surface area contributed by atoms with Gasteiger partial charge in [-0.05, 0) is 30.0 Å². The Morgan fingerprint density at radius 1 is 1.28 bits per heavy atom. The summed E-state index contributed by atoms with van der Waals surface area (Å²) in [5.41, 5.74) is 1.19. The Morgan fingerprint density at radius 3 is 2.94 bits per heavy atom. The van der Waals surface area contributed by atoms with Crippen molar-refractivity contribution in [3.8, 4) is 5.75 Å². The van der Waals surface area contributed by atoms with Crippen molar-refractivity contribution in [1.82, 2.24) is 24.7 Å². The number of hydrogen-bond acceptors (Lipinski definition) is 5. The van der Waals surface area contributed by atoms with E-state index in [1.807, 2.05) is 25.6 Å². The second-order valence-electron chi connectivity index (χ2n) is 8.64. The molecule has 8 nitrogen and oxygen atoms in total. The summed E-state index contributed by atoms with van der Waals surface area (Å²) in [4.78, 5) is 13.5. The minimum atomic E-state index is 0.410. The highest BCUT2D eigenvalue weighted by Gasteiger charge is 2.28. The molecule has 8 heteroatoms. The molecule has 0 saturated carbocycles. The summed E-state index contributed by atoms with van der Waals surface area (Å²) in [7, 11) is 1.86. The molecule has 0 spiro atoms. The zero-order valence-corrected chi connectivity index (χ0v) is 19.3. The van der Waals surface area contributed by atoms with E-state index in [1.165, 1.54) is 5.56 Å². The second-order valence-corrected chi connectivity index (χ2v) is 8.64. The lowest BCUT2D eigenvalue weighted by atomic mass is 9.93. The highest BCUT2D eigenvalue weighted by Crippen LogP contribution is 2.27. The number of nitrogens with one attached hydrogen (secondary N) is 1. The molecule has 2 unspecified atom stereocenters. The SMILES string of the molecule is CN=C(NCc1cccc(OCCN2CCOCC2)c1)N1CCC(C)C(n2ccnc2)C1. The van der Waals surface area contributed by atoms with Crippen LogP contribution >= 0.6 is 0 Å². The van der Waals surface area contributed by atoms with Gasteiger partial charge in [0.1, 0.15) is 12.4 Å². The number of benzene rings is 1. The Hall–Kier alpha value is -2.58. The Balaban J connectivity index is 1.28. The normalized spacial score (nSPS) is 22.7. The first kappa shape index (κ1) is 22.6. The predicted octanol–water partition coefficient (Wildman–Crippen LogP) is 2.25. The van der Waals surface area contributed by atoms with E-state index < -0.39 is 0 Å². The number of rotatable bonds is 7. The van der Waals surface area contributed by atoms with Gasteiger partial charge in [0.25, 0.3) is 0 Å². The first-order valence-electron chi connectivity index (χ1n) is 11.7. The van der Waals surface area contributed by atoms with Crippen molar-refractivity contribution in [1.29, 1.82) is 0 Å². The van der Waals surface area contributed by atoms with Crippen molar-refractivity contribution in [3.05, 3.63) is 48.5 Å². The zero-order valence-electron chi connectivity index (χ0n) is 19.3. The summed E-state index contributed by atoms with van der Waals surface area (Å²) in [6, 6.07) is 8.74. The smallest absolute Gasteiger partial charge is 0.193 e. The van der Waals surface area contributed by atoms with Crippen LogP contribution in [0.4, 0.5) is 0 Å². The Bertz CT molecular complexity index is 850. The number of ether oxygens (including phenoxy) is 2. The van der Waals surface area contributed by atoms with E-state index in [4.69, 9.17) is 9.47 Å². The predicted molar refractivity (Wildman–Crippen MR) is 126 cm³/mol. The number of nitrogens with zero attached hydrogens (tertiary/aromatic N) is 5. The summed E-state index contributed by atoms with van der Waals surface area (Å²) < 4.78 is 13.6. The standard InChI is InChI=1S/C24H36N6O2/c1-20-6-8-29(18-23(20)30-9-7-26-19-30)24(25-2)27-17-21-4-3-5-22(16-21)32-15-12-28-10-13-31-14-11-28/h3-5,7,9,16,19-20,23H,6,8,10-15,17-18H2,1-2H3,(H,25,27). The van der Waals surface area contributed by atoms with E-state index in [2.05, 4.69) is 61.0 Å².